The summed E-state index contributed by atoms with van der Waals surface area (Å²) in [5.74, 6) is 0.687. The van der Waals surface area contributed by atoms with Crippen LogP contribution in [-0.2, 0) is 13.1 Å². The summed E-state index contributed by atoms with van der Waals surface area (Å²) in [5, 5.41) is 4.81. The molecule has 3 nitrogen and oxygen atoms in total. The van der Waals surface area contributed by atoms with Crippen LogP contribution < -0.4 is 5.32 Å². The van der Waals surface area contributed by atoms with Crippen molar-refractivity contribution >= 4 is 11.0 Å². The smallest absolute Gasteiger partial charge is 0.140 e. The van der Waals surface area contributed by atoms with Crippen molar-refractivity contribution in [2.24, 2.45) is 5.92 Å². The van der Waals surface area contributed by atoms with Gasteiger partial charge in [-0.3, -0.25) is 0 Å². The number of rotatable bonds is 7. The van der Waals surface area contributed by atoms with Crippen LogP contribution in [0.5, 0.6) is 0 Å². The molecule has 0 fully saturated rings. The monoisotopic (exact) mass is 259 g/mol. The van der Waals surface area contributed by atoms with E-state index in [0.29, 0.717) is 5.92 Å². The Morgan fingerprint density at radius 3 is 2.95 bits per heavy atom. The first kappa shape index (κ1) is 14.1. The van der Waals surface area contributed by atoms with E-state index < -0.39 is 0 Å². The van der Waals surface area contributed by atoms with E-state index in [1.807, 2.05) is 12.3 Å². The van der Waals surface area contributed by atoms with Crippen molar-refractivity contribution in [3.63, 3.8) is 0 Å². The van der Waals surface area contributed by atoms with Crippen LogP contribution >= 0.6 is 0 Å². The zero-order valence-corrected chi connectivity index (χ0v) is 12.3. The Balaban J connectivity index is 2.18. The Bertz CT molecular complexity index is 514. The topological polar surface area (TPSA) is 29.9 Å². The highest BCUT2D eigenvalue weighted by atomic mass is 15.0. The quantitative estimate of drug-likeness (QED) is 0.823. The molecule has 2 aromatic rings. The molecule has 104 valence electrons. The number of aryl methyl sites for hydroxylation is 1. The van der Waals surface area contributed by atoms with Crippen molar-refractivity contribution < 1.29 is 0 Å². The second kappa shape index (κ2) is 6.71. The molecule has 0 aromatic carbocycles. The molecule has 0 unspecified atom stereocenters. The fraction of sp³-hybridized carbons (Fsp3) is 0.562. The summed E-state index contributed by atoms with van der Waals surface area (Å²) >= 11 is 0. The summed E-state index contributed by atoms with van der Waals surface area (Å²) in [6.45, 7) is 9.75. The molecule has 0 saturated heterocycles. The Morgan fingerprint density at radius 1 is 1.37 bits per heavy atom. The maximum absolute atomic E-state index is 4.53. The van der Waals surface area contributed by atoms with Gasteiger partial charge in [0.25, 0.3) is 0 Å². The van der Waals surface area contributed by atoms with Crippen LogP contribution in [0.2, 0.25) is 0 Å². The third-order valence-electron chi connectivity index (χ3n) is 3.34. The number of nitrogens with zero attached hydrogens (tertiary/aromatic N) is 2. The molecule has 0 aliphatic carbocycles. The molecular formula is C16H25N3. The molecule has 0 saturated carbocycles. The summed E-state index contributed by atoms with van der Waals surface area (Å²) in [4.78, 5) is 4.53. The second-order valence-electron chi connectivity index (χ2n) is 5.60. The van der Waals surface area contributed by atoms with Gasteiger partial charge >= 0.3 is 0 Å². The van der Waals surface area contributed by atoms with E-state index in [-0.39, 0.29) is 0 Å². The molecule has 0 bridgehead atoms. The fourth-order valence-electron chi connectivity index (χ4n) is 2.33. The first-order chi connectivity index (χ1) is 9.22. The Morgan fingerprint density at radius 2 is 2.21 bits per heavy atom. The number of hydrogen-bond acceptors (Lipinski definition) is 2. The van der Waals surface area contributed by atoms with Crippen LogP contribution in [-0.4, -0.2) is 16.1 Å². The molecule has 2 aromatic heterocycles. The number of fused-ring (bicyclic) bond motifs is 1. The van der Waals surface area contributed by atoms with Crippen LogP contribution in [0, 0.1) is 5.92 Å². The molecule has 19 heavy (non-hydrogen) atoms. The molecule has 2 rings (SSSR count). The van der Waals surface area contributed by atoms with Crippen molar-refractivity contribution in [3.8, 4) is 0 Å². The van der Waals surface area contributed by atoms with Gasteiger partial charge in [0.1, 0.15) is 5.65 Å². The minimum atomic E-state index is 0.687. The predicted octanol–water partition coefficient (Wildman–Crippen LogP) is 3.58. The molecular weight excluding hydrogens is 234 g/mol. The van der Waals surface area contributed by atoms with Crippen molar-refractivity contribution in [3.05, 3.63) is 30.1 Å². The van der Waals surface area contributed by atoms with Gasteiger partial charge in [0.2, 0.25) is 0 Å². The minimum Gasteiger partial charge on any atom is -0.332 e. The van der Waals surface area contributed by atoms with Gasteiger partial charge in [-0.05, 0) is 36.6 Å². The number of nitrogens with one attached hydrogen (secondary N) is 1. The van der Waals surface area contributed by atoms with E-state index in [0.717, 1.165) is 25.3 Å². The van der Waals surface area contributed by atoms with Gasteiger partial charge in [0.15, 0.2) is 0 Å². The maximum atomic E-state index is 4.53. The molecule has 1 N–H and O–H groups in total. The van der Waals surface area contributed by atoms with E-state index in [1.165, 1.54) is 23.8 Å². The summed E-state index contributed by atoms with van der Waals surface area (Å²) < 4.78 is 2.30. The number of pyridine rings is 1. The van der Waals surface area contributed by atoms with E-state index in [1.54, 1.807) is 0 Å². The van der Waals surface area contributed by atoms with E-state index in [4.69, 9.17) is 0 Å². The van der Waals surface area contributed by atoms with E-state index in [9.17, 15) is 0 Å². The normalized spacial score (nSPS) is 11.6. The fourth-order valence-corrected chi connectivity index (χ4v) is 2.33. The van der Waals surface area contributed by atoms with Crippen LogP contribution in [0.25, 0.3) is 11.0 Å². The Labute approximate surface area is 116 Å². The largest absolute Gasteiger partial charge is 0.332 e. The van der Waals surface area contributed by atoms with Gasteiger partial charge in [-0.2, -0.15) is 0 Å². The lowest BCUT2D eigenvalue weighted by molar-refractivity contribution is 0.552. The summed E-state index contributed by atoms with van der Waals surface area (Å²) in [6.07, 6.45) is 6.57. The van der Waals surface area contributed by atoms with Gasteiger partial charge in [0, 0.05) is 30.9 Å². The van der Waals surface area contributed by atoms with E-state index >= 15 is 0 Å². The van der Waals surface area contributed by atoms with E-state index in [2.05, 4.69) is 47.9 Å². The van der Waals surface area contributed by atoms with Gasteiger partial charge in [-0.15, -0.1) is 0 Å². The van der Waals surface area contributed by atoms with Gasteiger partial charge in [-0.1, -0.05) is 27.2 Å². The first-order valence-electron chi connectivity index (χ1n) is 7.35. The molecule has 2 heterocycles. The number of aromatic nitrogens is 2. The van der Waals surface area contributed by atoms with Gasteiger partial charge in [0.05, 0.1) is 0 Å². The zero-order valence-electron chi connectivity index (χ0n) is 12.3. The van der Waals surface area contributed by atoms with Crippen LogP contribution in [0.4, 0.5) is 0 Å². The SMILES string of the molecule is CCCCn1cc(CNCC(C)C)c2cccnc21. The first-order valence-corrected chi connectivity index (χ1v) is 7.35. The van der Waals surface area contributed by atoms with Crippen molar-refractivity contribution in [1.29, 1.82) is 0 Å². The van der Waals surface area contributed by atoms with Crippen molar-refractivity contribution in [2.75, 3.05) is 6.54 Å². The summed E-state index contributed by atoms with van der Waals surface area (Å²) in [6, 6.07) is 4.20. The highest BCUT2D eigenvalue weighted by molar-refractivity contribution is 5.80. The average molecular weight is 259 g/mol. The van der Waals surface area contributed by atoms with Crippen LogP contribution in [0.1, 0.15) is 39.2 Å². The minimum absolute atomic E-state index is 0.687. The molecule has 0 atom stereocenters. The molecule has 3 heteroatoms. The highest BCUT2D eigenvalue weighted by Gasteiger charge is 2.08. The lowest BCUT2D eigenvalue weighted by Gasteiger charge is -2.06. The third-order valence-corrected chi connectivity index (χ3v) is 3.34. The number of unbranched alkanes of at least 4 members (excludes halogenated alkanes) is 1. The Kier molecular flexibility index (Phi) is 4.97. The molecule has 0 radical (unpaired) electrons. The maximum Gasteiger partial charge on any atom is 0.140 e. The van der Waals surface area contributed by atoms with Crippen LogP contribution in [0.3, 0.4) is 0 Å². The molecule has 0 spiro atoms. The van der Waals surface area contributed by atoms with Crippen molar-refractivity contribution in [1.82, 2.24) is 14.9 Å². The van der Waals surface area contributed by atoms with Gasteiger partial charge in [-0.25, -0.2) is 4.98 Å². The zero-order chi connectivity index (χ0) is 13.7. The predicted molar refractivity (Wildman–Crippen MR) is 81.2 cm³/mol. The molecule has 0 aliphatic heterocycles. The number of hydrogen-bond donors (Lipinski definition) is 1. The lowest BCUT2D eigenvalue weighted by Crippen LogP contribution is -2.18. The van der Waals surface area contributed by atoms with Gasteiger partial charge < -0.3 is 9.88 Å². The summed E-state index contributed by atoms with van der Waals surface area (Å²) in [7, 11) is 0. The molecule has 0 amide bonds. The van der Waals surface area contributed by atoms with Crippen molar-refractivity contribution in [2.45, 2.75) is 46.7 Å². The highest BCUT2D eigenvalue weighted by Crippen LogP contribution is 2.19. The van der Waals surface area contributed by atoms with Crippen LogP contribution in [0.15, 0.2) is 24.5 Å². The average Bonchev–Trinajstić information content (AvgIpc) is 2.75. The lowest BCUT2D eigenvalue weighted by atomic mass is 10.2. The Hall–Kier alpha value is -1.35. The summed E-state index contributed by atoms with van der Waals surface area (Å²) in [5.41, 5.74) is 2.48. The second-order valence-corrected chi connectivity index (χ2v) is 5.60. The molecule has 0 aliphatic rings. The third kappa shape index (κ3) is 3.57. The standard InChI is InChI=1S/C16H25N3/c1-4-5-9-19-12-14(11-17-10-13(2)3)15-7-6-8-18-16(15)19/h6-8,12-13,17H,4-5,9-11H2,1-3H3.